The Kier molecular flexibility index (Phi) is 4.89. The monoisotopic (exact) mass is 375 g/mol. The van der Waals surface area contributed by atoms with Crippen molar-refractivity contribution in [2.45, 2.75) is 19.4 Å². The van der Waals surface area contributed by atoms with Crippen LogP contribution in [0.15, 0.2) is 71.1 Å². The second-order valence-corrected chi connectivity index (χ2v) is 6.46. The molecule has 1 heterocycles. The summed E-state index contributed by atoms with van der Waals surface area (Å²) in [6, 6.07) is 20.8. The maximum absolute atomic E-state index is 12.8. The molecule has 5 heteroatoms. The van der Waals surface area contributed by atoms with E-state index in [0.29, 0.717) is 29.2 Å². The maximum atomic E-state index is 12.8. The molecule has 5 nitrogen and oxygen atoms in total. The number of hydrogen-bond donors (Lipinski definition) is 1. The van der Waals surface area contributed by atoms with Crippen LogP contribution in [0, 0.1) is 0 Å². The molecule has 0 saturated heterocycles. The molecule has 1 atom stereocenters. The molecule has 0 aliphatic heterocycles. The normalized spacial score (nSPS) is 12.1. The zero-order valence-electron chi connectivity index (χ0n) is 15.8. The third-order valence-electron chi connectivity index (χ3n) is 4.64. The molecule has 4 aromatic rings. The van der Waals surface area contributed by atoms with E-state index in [0.717, 1.165) is 16.4 Å². The smallest absolute Gasteiger partial charge is 0.265 e. The van der Waals surface area contributed by atoms with Crippen LogP contribution >= 0.6 is 0 Å². The van der Waals surface area contributed by atoms with Crippen LogP contribution < -0.4 is 14.8 Å². The highest BCUT2D eigenvalue weighted by atomic mass is 16.5. The standard InChI is InChI=1S/C23H21NO4/c1-3-19(27-15-9-5-4-6-10-15)23(25)24-18-14-21-17(13-22(18)26-2)16-11-7-8-12-20(16)28-21/h4-14,19H,3H2,1-2H3,(H,24,25). The van der Waals surface area contributed by atoms with E-state index in [4.69, 9.17) is 13.9 Å². The summed E-state index contributed by atoms with van der Waals surface area (Å²) >= 11 is 0. The zero-order valence-corrected chi connectivity index (χ0v) is 15.8. The fourth-order valence-corrected chi connectivity index (χ4v) is 3.22. The minimum absolute atomic E-state index is 0.236. The number of nitrogens with one attached hydrogen (secondary N) is 1. The quantitative estimate of drug-likeness (QED) is 0.491. The summed E-state index contributed by atoms with van der Waals surface area (Å²) in [5.74, 6) is 0.992. The van der Waals surface area contributed by atoms with Crippen molar-refractivity contribution in [2.75, 3.05) is 12.4 Å². The first-order chi connectivity index (χ1) is 13.7. The van der Waals surface area contributed by atoms with Crippen molar-refractivity contribution in [2.24, 2.45) is 0 Å². The number of ether oxygens (including phenoxy) is 2. The largest absolute Gasteiger partial charge is 0.495 e. The molecule has 4 rings (SSSR count). The van der Waals surface area contributed by atoms with Gasteiger partial charge in [0, 0.05) is 16.8 Å². The molecule has 0 bridgehead atoms. The lowest BCUT2D eigenvalue weighted by atomic mass is 10.1. The molecular weight excluding hydrogens is 354 g/mol. The van der Waals surface area contributed by atoms with E-state index < -0.39 is 6.10 Å². The second-order valence-electron chi connectivity index (χ2n) is 6.46. The Morgan fingerprint density at radius 3 is 2.50 bits per heavy atom. The van der Waals surface area contributed by atoms with Crippen molar-refractivity contribution in [3.63, 3.8) is 0 Å². The van der Waals surface area contributed by atoms with Crippen molar-refractivity contribution in [1.29, 1.82) is 0 Å². The van der Waals surface area contributed by atoms with Gasteiger partial charge in [0.25, 0.3) is 5.91 Å². The van der Waals surface area contributed by atoms with Gasteiger partial charge in [-0.15, -0.1) is 0 Å². The van der Waals surface area contributed by atoms with Crippen LogP contribution in [-0.4, -0.2) is 19.1 Å². The third kappa shape index (κ3) is 3.39. The number of hydrogen-bond acceptors (Lipinski definition) is 4. The Hall–Kier alpha value is -3.47. The average Bonchev–Trinajstić information content (AvgIpc) is 3.09. The van der Waals surface area contributed by atoms with E-state index in [1.54, 1.807) is 13.2 Å². The number of anilines is 1. The lowest BCUT2D eigenvalue weighted by molar-refractivity contribution is -0.122. The molecule has 0 aliphatic rings. The van der Waals surface area contributed by atoms with Gasteiger partial charge in [0.05, 0.1) is 12.8 Å². The number of methoxy groups -OCH3 is 1. The summed E-state index contributed by atoms with van der Waals surface area (Å²) in [5, 5.41) is 4.87. The maximum Gasteiger partial charge on any atom is 0.265 e. The van der Waals surface area contributed by atoms with E-state index in [9.17, 15) is 4.79 Å². The molecule has 1 N–H and O–H groups in total. The molecule has 0 radical (unpaired) electrons. The minimum atomic E-state index is -0.613. The summed E-state index contributed by atoms with van der Waals surface area (Å²) in [4.78, 5) is 12.8. The molecule has 1 amide bonds. The number of amides is 1. The van der Waals surface area contributed by atoms with Crippen LogP contribution in [0.25, 0.3) is 21.9 Å². The van der Waals surface area contributed by atoms with Crippen LogP contribution in [0.5, 0.6) is 11.5 Å². The second kappa shape index (κ2) is 7.64. The Labute approximate surface area is 162 Å². The summed E-state index contributed by atoms with van der Waals surface area (Å²) < 4.78 is 17.3. The van der Waals surface area contributed by atoms with Crippen molar-refractivity contribution >= 4 is 33.5 Å². The molecule has 1 aromatic heterocycles. The van der Waals surface area contributed by atoms with Gasteiger partial charge in [0.15, 0.2) is 6.10 Å². The van der Waals surface area contributed by atoms with E-state index in [2.05, 4.69) is 5.32 Å². The predicted molar refractivity (Wildman–Crippen MR) is 110 cm³/mol. The number of para-hydroxylation sites is 2. The lowest BCUT2D eigenvalue weighted by Gasteiger charge is -2.18. The van der Waals surface area contributed by atoms with Gasteiger partial charge in [-0.05, 0) is 30.7 Å². The van der Waals surface area contributed by atoms with Crippen molar-refractivity contribution in [3.8, 4) is 11.5 Å². The van der Waals surface area contributed by atoms with Gasteiger partial charge in [-0.2, -0.15) is 0 Å². The lowest BCUT2D eigenvalue weighted by Crippen LogP contribution is -2.32. The number of furan rings is 1. The first-order valence-electron chi connectivity index (χ1n) is 9.21. The summed E-state index contributed by atoms with van der Waals surface area (Å²) in [6.07, 6.45) is -0.0749. The topological polar surface area (TPSA) is 60.7 Å². The van der Waals surface area contributed by atoms with E-state index in [1.807, 2.05) is 67.6 Å². The number of benzene rings is 3. The Morgan fingerprint density at radius 2 is 1.75 bits per heavy atom. The Morgan fingerprint density at radius 1 is 1.00 bits per heavy atom. The van der Waals surface area contributed by atoms with Gasteiger partial charge >= 0.3 is 0 Å². The summed E-state index contributed by atoms with van der Waals surface area (Å²) in [5.41, 5.74) is 2.03. The van der Waals surface area contributed by atoms with Gasteiger partial charge in [-0.3, -0.25) is 4.79 Å². The van der Waals surface area contributed by atoms with Crippen LogP contribution in [0.1, 0.15) is 13.3 Å². The molecule has 0 aliphatic carbocycles. The highest BCUT2D eigenvalue weighted by Crippen LogP contribution is 2.36. The van der Waals surface area contributed by atoms with Crippen LogP contribution in [0.4, 0.5) is 5.69 Å². The first-order valence-corrected chi connectivity index (χ1v) is 9.21. The Bertz CT molecular complexity index is 1120. The molecule has 142 valence electrons. The fourth-order valence-electron chi connectivity index (χ4n) is 3.22. The average molecular weight is 375 g/mol. The SMILES string of the molecule is CCC(Oc1ccccc1)C(=O)Nc1cc2oc3ccccc3c2cc1OC. The number of fused-ring (bicyclic) bond motifs is 3. The van der Waals surface area contributed by atoms with Gasteiger partial charge in [0.1, 0.15) is 22.7 Å². The number of carbonyl (C=O) groups excluding carboxylic acids is 1. The van der Waals surface area contributed by atoms with Gasteiger partial charge in [-0.25, -0.2) is 0 Å². The van der Waals surface area contributed by atoms with Crippen molar-refractivity contribution in [1.82, 2.24) is 0 Å². The fraction of sp³-hybridized carbons (Fsp3) is 0.174. The van der Waals surface area contributed by atoms with Gasteiger partial charge in [-0.1, -0.05) is 43.3 Å². The molecule has 0 fully saturated rings. The third-order valence-corrected chi connectivity index (χ3v) is 4.64. The van der Waals surface area contributed by atoms with E-state index in [1.165, 1.54) is 0 Å². The van der Waals surface area contributed by atoms with Crippen LogP contribution in [-0.2, 0) is 4.79 Å². The van der Waals surface area contributed by atoms with Gasteiger partial charge < -0.3 is 19.2 Å². The summed E-state index contributed by atoms with van der Waals surface area (Å²) in [7, 11) is 1.58. The van der Waals surface area contributed by atoms with Crippen molar-refractivity contribution in [3.05, 3.63) is 66.7 Å². The number of rotatable bonds is 6. The highest BCUT2D eigenvalue weighted by Gasteiger charge is 2.21. The van der Waals surface area contributed by atoms with Gasteiger partial charge in [0.2, 0.25) is 0 Å². The van der Waals surface area contributed by atoms with Crippen LogP contribution in [0.2, 0.25) is 0 Å². The van der Waals surface area contributed by atoms with Crippen molar-refractivity contribution < 1.29 is 18.7 Å². The highest BCUT2D eigenvalue weighted by molar-refractivity contribution is 6.08. The molecule has 0 saturated carbocycles. The number of carbonyl (C=O) groups is 1. The first kappa shape index (κ1) is 17.9. The van der Waals surface area contributed by atoms with E-state index >= 15 is 0 Å². The zero-order chi connectivity index (χ0) is 19.5. The van der Waals surface area contributed by atoms with E-state index in [-0.39, 0.29) is 5.91 Å². The molecule has 28 heavy (non-hydrogen) atoms. The summed E-state index contributed by atoms with van der Waals surface area (Å²) in [6.45, 7) is 1.91. The molecule has 1 unspecified atom stereocenters. The predicted octanol–water partition coefficient (Wildman–Crippen LogP) is 5.39. The van der Waals surface area contributed by atoms with Crippen LogP contribution in [0.3, 0.4) is 0 Å². The Balaban J connectivity index is 1.64. The molecular formula is C23H21NO4. The molecule has 3 aromatic carbocycles. The minimum Gasteiger partial charge on any atom is -0.495 e. The molecule has 0 spiro atoms.